The van der Waals surface area contributed by atoms with Crippen LogP contribution in [0.3, 0.4) is 0 Å². The van der Waals surface area contributed by atoms with Crippen LogP contribution in [0.15, 0.2) is 0 Å². The first kappa shape index (κ1) is 14.5. The predicted octanol–water partition coefficient (Wildman–Crippen LogP) is -0.00720. The maximum Gasteiger partial charge on any atom is 0.303 e. The number of rotatable bonds is 3. The van der Waals surface area contributed by atoms with Crippen LogP contribution in [0.2, 0.25) is 0 Å². The van der Waals surface area contributed by atoms with Crippen molar-refractivity contribution in [1.82, 2.24) is 0 Å². The quantitative estimate of drug-likeness (QED) is 0.417. The maximum absolute atomic E-state index is 11.0. The van der Waals surface area contributed by atoms with Crippen molar-refractivity contribution >= 4 is 35.7 Å². The number of ether oxygens (including phenoxy) is 3. The average molecular weight is 307 g/mol. The summed E-state index contributed by atoms with van der Waals surface area (Å²) in [5, 5.41) is 0. The second-order valence-corrected chi connectivity index (χ2v) is 5.29. The smallest absolute Gasteiger partial charge is 0.303 e. The van der Waals surface area contributed by atoms with Crippen LogP contribution in [0.4, 0.5) is 0 Å². The van der Waals surface area contributed by atoms with Gasteiger partial charge in [-0.2, -0.15) is 0 Å². The molecule has 4 atom stereocenters. The molecule has 0 aromatic heterocycles. The molecule has 1 fully saturated rings. The molecule has 0 aromatic rings. The predicted molar refractivity (Wildman–Crippen MR) is 66.7 cm³/mol. The van der Waals surface area contributed by atoms with Gasteiger partial charge in [-0.3, -0.25) is 9.59 Å². The molecule has 5 nitrogen and oxygen atoms in total. The van der Waals surface area contributed by atoms with E-state index in [-0.39, 0.29) is 29.4 Å². The van der Waals surface area contributed by atoms with Crippen molar-refractivity contribution < 1.29 is 23.8 Å². The zero-order chi connectivity index (χ0) is 13.0. The third-order valence-electron chi connectivity index (χ3n) is 2.44. The number of hydrogen-bond donors (Lipinski definition) is 0. The minimum Gasteiger partial charge on any atom is -0.463 e. The Morgan fingerprint density at radius 3 is 2.59 bits per heavy atom. The molecule has 0 bridgehead atoms. The van der Waals surface area contributed by atoms with E-state index in [1.54, 1.807) is 0 Å². The van der Waals surface area contributed by atoms with Crippen LogP contribution in [-0.4, -0.2) is 49.4 Å². The summed E-state index contributed by atoms with van der Waals surface area (Å²) < 4.78 is 15.7. The van der Waals surface area contributed by atoms with Crippen molar-refractivity contribution in [3.8, 4) is 0 Å². The zero-order valence-corrected chi connectivity index (χ0v) is 11.7. The number of carbonyl (C=O) groups is 2. The molecule has 4 unspecified atom stereocenters. The highest BCUT2D eigenvalue weighted by molar-refractivity contribution is 9.09. The molecule has 0 aliphatic carbocycles. The summed E-state index contributed by atoms with van der Waals surface area (Å²) in [5.41, 5.74) is 0. The monoisotopic (exact) mass is 306 g/mol. The summed E-state index contributed by atoms with van der Waals surface area (Å²) in [6.45, 7) is 2.78. The fourth-order valence-electron chi connectivity index (χ4n) is 1.79. The summed E-state index contributed by atoms with van der Waals surface area (Å²) in [7, 11) is 1.93. The number of carbonyl (C=O) groups excluding carboxylic acids is 2. The van der Waals surface area contributed by atoms with Gasteiger partial charge in [0.1, 0.15) is 26.7 Å². The molecule has 0 amide bonds. The van der Waals surface area contributed by atoms with Crippen molar-refractivity contribution in [2.24, 2.45) is 0 Å². The molecule has 0 radical (unpaired) electrons. The minimum atomic E-state index is -0.428. The lowest BCUT2D eigenvalue weighted by molar-refractivity contribution is -0.171. The number of halogens is 1. The van der Waals surface area contributed by atoms with E-state index in [1.807, 2.05) is 7.85 Å². The van der Waals surface area contributed by atoms with E-state index in [0.29, 0.717) is 0 Å². The van der Waals surface area contributed by atoms with E-state index < -0.39 is 12.2 Å². The van der Waals surface area contributed by atoms with E-state index in [4.69, 9.17) is 14.2 Å². The molecule has 7 heteroatoms. The minimum absolute atomic E-state index is 0.00991. The third-order valence-corrected chi connectivity index (χ3v) is 3.33. The molecule has 0 saturated carbocycles. The molecule has 1 aliphatic rings. The highest BCUT2D eigenvalue weighted by Crippen LogP contribution is 2.27. The molecular formula is C10H16BBrO5. The van der Waals surface area contributed by atoms with E-state index in [0.717, 1.165) is 6.42 Å². The van der Waals surface area contributed by atoms with Crippen molar-refractivity contribution in [2.45, 2.75) is 43.3 Å². The standard InChI is InChI=1S/C10H16BBrO5/c1-5(13)15-4-8-10(16-6(2)14)7(12)3-9(11)17-8/h7-10H,3-4,11H2,1-2H3. The second-order valence-electron chi connectivity index (χ2n) is 4.11. The third kappa shape index (κ3) is 4.67. The molecule has 1 heterocycles. The Morgan fingerprint density at radius 1 is 1.41 bits per heavy atom. The SMILES string of the molecule is BC1CC(Br)C(OC(C)=O)C(COC(C)=O)O1. The van der Waals surface area contributed by atoms with Crippen LogP contribution in [0.5, 0.6) is 0 Å². The highest BCUT2D eigenvalue weighted by Gasteiger charge is 2.38. The van der Waals surface area contributed by atoms with Gasteiger partial charge in [0.25, 0.3) is 0 Å². The summed E-state index contributed by atoms with van der Waals surface area (Å²) in [6, 6.07) is 0.0340. The number of hydrogen-bond acceptors (Lipinski definition) is 5. The largest absolute Gasteiger partial charge is 0.463 e. The van der Waals surface area contributed by atoms with Crippen LogP contribution in [0.25, 0.3) is 0 Å². The van der Waals surface area contributed by atoms with Gasteiger partial charge in [0.15, 0.2) is 0 Å². The first-order chi connectivity index (χ1) is 7.90. The number of esters is 2. The molecule has 0 aromatic carbocycles. The summed E-state index contributed by atoms with van der Waals surface area (Å²) in [4.78, 5) is 21.8. The van der Waals surface area contributed by atoms with Crippen LogP contribution in [0, 0.1) is 0 Å². The van der Waals surface area contributed by atoms with Gasteiger partial charge in [0, 0.05) is 19.9 Å². The fourth-order valence-corrected chi connectivity index (χ4v) is 2.77. The Balaban J connectivity index is 2.64. The summed E-state index contributed by atoms with van der Waals surface area (Å²) in [6.07, 6.45) is -0.104. The van der Waals surface area contributed by atoms with Crippen LogP contribution in [0.1, 0.15) is 20.3 Å². The molecule has 1 rings (SSSR count). The highest BCUT2D eigenvalue weighted by atomic mass is 79.9. The Labute approximate surface area is 110 Å². The molecule has 0 spiro atoms. The van der Waals surface area contributed by atoms with Crippen molar-refractivity contribution in [3.63, 3.8) is 0 Å². The lowest BCUT2D eigenvalue weighted by Gasteiger charge is -2.37. The Morgan fingerprint density at radius 2 is 2.06 bits per heavy atom. The van der Waals surface area contributed by atoms with Gasteiger partial charge in [-0.05, 0) is 6.42 Å². The molecule has 17 heavy (non-hydrogen) atoms. The van der Waals surface area contributed by atoms with Crippen LogP contribution >= 0.6 is 15.9 Å². The van der Waals surface area contributed by atoms with E-state index in [2.05, 4.69) is 15.9 Å². The first-order valence-corrected chi connectivity index (χ1v) is 6.41. The number of alkyl halides is 1. The van der Waals surface area contributed by atoms with Gasteiger partial charge in [-0.1, -0.05) is 15.9 Å². The average Bonchev–Trinajstić information content (AvgIpc) is 2.18. The van der Waals surface area contributed by atoms with Gasteiger partial charge in [-0.25, -0.2) is 0 Å². The molecule has 96 valence electrons. The Bertz CT molecular complexity index is 298. The summed E-state index contributed by atoms with van der Waals surface area (Å²) in [5.74, 6) is -0.745. The summed E-state index contributed by atoms with van der Waals surface area (Å²) >= 11 is 3.47. The normalized spacial score (nSPS) is 32.9. The topological polar surface area (TPSA) is 61.8 Å². The molecule has 1 aliphatic heterocycles. The maximum atomic E-state index is 11.0. The Kier molecular flexibility index (Phi) is 5.46. The van der Waals surface area contributed by atoms with Gasteiger partial charge in [0.2, 0.25) is 0 Å². The van der Waals surface area contributed by atoms with Gasteiger partial charge in [-0.15, -0.1) is 0 Å². The molecule has 0 N–H and O–H groups in total. The van der Waals surface area contributed by atoms with Gasteiger partial charge < -0.3 is 14.2 Å². The fraction of sp³-hybridized carbons (Fsp3) is 0.800. The van der Waals surface area contributed by atoms with Gasteiger partial charge >= 0.3 is 11.9 Å². The van der Waals surface area contributed by atoms with E-state index >= 15 is 0 Å². The van der Waals surface area contributed by atoms with E-state index in [1.165, 1.54) is 13.8 Å². The molecular weight excluding hydrogens is 291 g/mol. The lowest BCUT2D eigenvalue weighted by Crippen LogP contribution is -2.50. The zero-order valence-electron chi connectivity index (χ0n) is 10.1. The lowest BCUT2D eigenvalue weighted by atomic mass is 9.89. The van der Waals surface area contributed by atoms with Crippen molar-refractivity contribution in [3.05, 3.63) is 0 Å². The first-order valence-electron chi connectivity index (χ1n) is 5.50. The van der Waals surface area contributed by atoms with Crippen molar-refractivity contribution in [1.29, 1.82) is 0 Å². The van der Waals surface area contributed by atoms with E-state index in [9.17, 15) is 9.59 Å². The van der Waals surface area contributed by atoms with Gasteiger partial charge in [0.05, 0.1) is 4.83 Å². The second kappa shape index (κ2) is 6.40. The molecule has 1 saturated heterocycles. The van der Waals surface area contributed by atoms with Crippen LogP contribution in [-0.2, 0) is 23.8 Å². The van der Waals surface area contributed by atoms with Crippen LogP contribution < -0.4 is 0 Å². The van der Waals surface area contributed by atoms with Crippen molar-refractivity contribution in [2.75, 3.05) is 6.61 Å². The Hall–Kier alpha value is -0.555.